The highest BCUT2D eigenvalue weighted by molar-refractivity contribution is 7.22. The van der Waals surface area contributed by atoms with Crippen molar-refractivity contribution in [2.75, 3.05) is 18.1 Å². The Hall–Kier alpha value is -4.48. The van der Waals surface area contributed by atoms with E-state index in [1.807, 2.05) is 0 Å². The summed E-state index contributed by atoms with van der Waals surface area (Å²) in [5, 5.41) is 23.3. The molecular weight excluding hydrogens is 534 g/mol. The van der Waals surface area contributed by atoms with E-state index in [-0.39, 0.29) is 22.0 Å². The van der Waals surface area contributed by atoms with Crippen molar-refractivity contribution in [3.05, 3.63) is 92.5 Å². The number of aliphatic hydroxyl groups excluding tert-OH is 1. The second kappa shape index (κ2) is 9.12. The van der Waals surface area contributed by atoms with Crippen LogP contribution in [0.5, 0.6) is 11.5 Å². The first kappa shape index (κ1) is 23.9. The zero-order valence-electron chi connectivity index (χ0n) is 19.3. The fourth-order valence-electron chi connectivity index (χ4n) is 4.46. The van der Waals surface area contributed by atoms with E-state index in [1.165, 1.54) is 35.2 Å². The van der Waals surface area contributed by atoms with Crippen LogP contribution in [0.4, 0.5) is 10.8 Å². The van der Waals surface area contributed by atoms with Crippen LogP contribution in [0.3, 0.4) is 0 Å². The fraction of sp³-hybridized carbons (Fsp3) is 0.115. The van der Waals surface area contributed by atoms with Gasteiger partial charge in [0.2, 0.25) is 0 Å². The first-order chi connectivity index (χ1) is 18.3. The van der Waals surface area contributed by atoms with Crippen LogP contribution in [0.15, 0.2) is 66.2 Å². The molecular formula is C26H16ClN3O7S. The van der Waals surface area contributed by atoms with Crippen LogP contribution in [0, 0.1) is 10.1 Å². The lowest BCUT2D eigenvalue weighted by molar-refractivity contribution is -0.384. The molecule has 1 aromatic heterocycles. The van der Waals surface area contributed by atoms with Crippen LogP contribution in [-0.2, 0) is 9.59 Å². The van der Waals surface area contributed by atoms with Crippen molar-refractivity contribution in [2.24, 2.45) is 0 Å². The molecule has 0 radical (unpaired) electrons. The minimum absolute atomic E-state index is 0.160. The number of hydrogen-bond donors (Lipinski definition) is 1. The molecule has 10 nitrogen and oxygen atoms in total. The van der Waals surface area contributed by atoms with Crippen LogP contribution >= 0.6 is 22.9 Å². The quantitative estimate of drug-likeness (QED) is 0.120. The summed E-state index contributed by atoms with van der Waals surface area (Å²) in [5.41, 5.74) is 0.858. The van der Waals surface area contributed by atoms with Crippen molar-refractivity contribution in [2.45, 2.75) is 6.04 Å². The van der Waals surface area contributed by atoms with Gasteiger partial charge in [-0.25, -0.2) is 4.98 Å². The summed E-state index contributed by atoms with van der Waals surface area (Å²) in [6, 6.07) is 14.1. The number of nitro groups is 1. The maximum atomic E-state index is 13.4. The third-order valence-electron chi connectivity index (χ3n) is 6.22. The molecule has 1 unspecified atom stereocenters. The largest absolute Gasteiger partial charge is 0.507 e. The second-order valence-corrected chi connectivity index (χ2v) is 9.93. The minimum Gasteiger partial charge on any atom is -0.507 e. The van der Waals surface area contributed by atoms with Crippen molar-refractivity contribution in [3.63, 3.8) is 0 Å². The monoisotopic (exact) mass is 549 g/mol. The Balaban J connectivity index is 1.53. The van der Waals surface area contributed by atoms with Crippen molar-refractivity contribution < 1.29 is 29.1 Å². The van der Waals surface area contributed by atoms with E-state index in [0.717, 1.165) is 11.3 Å². The van der Waals surface area contributed by atoms with E-state index in [0.29, 0.717) is 45.5 Å². The summed E-state index contributed by atoms with van der Waals surface area (Å²) < 4.78 is 11.8. The number of ketones is 1. The van der Waals surface area contributed by atoms with Crippen molar-refractivity contribution in [1.29, 1.82) is 0 Å². The summed E-state index contributed by atoms with van der Waals surface area (Å²) in [5.74, 6) is -1.34. The van der Waals surface area contributed by atoms with E-state index in [2.05, 4.69) is 4.98 Å². The molecule has 1 fully saturated rings. The number of rotatable bonds is 4. The molecule has 6 rings (SSSR count). The van der Waals surface area contributed by atoms with Gasteiger partial charge in [-0.3, -0.25) is 24.6 Å². The van der Waals surface area contributed by atoms with Gasteiger partial charge in [-0.2, -0.15) is 0 Å². The summed E-state index contributed by atoms with van der Waals surface area (Å²) in [6.45, 7) is 0.711. The zero-order chi connectivity index (χ0) is 26.6. The lowest BCUT2D eigenvalue weighted by Crippen LogP contribution is -2.29. The molecule has 0 bridgehead atoms. The molecule has 38 heavy (non-hydrogen) atoms. The van der Waals surface area contributed by atoms with E-state index >= 15 is 0 Å². The number of carbonyl (C=O) groups excluding carboxylic acids is 2. The van der Waals surface area contributed by atoms with Gasteiger partial charge < -0.3 is 14.6 Å². The first-order valence-corrected chi connectivity index (χ1v) is 12.5. The lowest BCUT2D eigenvalue weighted by atomic mass is 9.95. The van der Waals surface area contributed by atoms with Crippen molar-refractivity contribution >= 4 is 61.4 Å². The van der Waals surface area contributed by atoms with Gasteiger partial charge in [0.05, 0.1) is 26.8 Å². The number of hydrogen-bond acceptors (Lipinski definition) is 9. The molecule has 190 valence electrons. The smallest absolute Gasteiger partial charge is 0.301 e. The van der Waals surface area contributed by atoms with Gasteiger partial charge in [-0.15, -0.1) is 0 Å². The molecule has 1 atom stereocenters. The number of non-ortho nitro benzene ring substituents is 1. The minimum atomic E-state index is -1.10. The second-order valence-electron chi connectivity index (χ2n) is 8.48. The zero-order valence-corrected chi connectivity index (χ0v) is 20.9. The Morgan fingerprint density at radius 2 is 1.79 bits per heavy atom. The number of halogens is 1. The molecule has 3 aromatic carbocycles. The highest BCUT2D eigenvalue weighted by atomic mass is 35.5. The molecule has 12 heteroatoms. The standard InChI is InChI=1S/C26H16ClN3O7S/c27-15-4-7-17-20(12-15)38-26(28-17)29-22(13-1-5-16(6-2-13)30(34)35)21(24(32)25(29)33)23(31)14-3-8-18-19(11-14)37-10-9-36-18/h1-8,11-12,22,31H,9-10H2/b23-21+. The number of aromatic nitrogens is 1. The van der Waals surface area contributed by atoms with Crippen LogP contribution in [-0.4, -0.2) is 39.9 Å². The summed E-state index contributed by atoms with van der Waals surface area (Å²) >= 11 is 7.27. The number of thiazole rings is 1. The number of anilines is 1. The van der Waals surface area contributed by atoms with Gasteiger partial charge in [-0.05, 0) is 54.1 Å². The molecule has 2 aliphatic heterocycles. The molecule has 2 aliphatic rings. The van der Waals surface area contributed by atoms with Crippen molar-refractivity contribution in [1.82, 2.24) is 4.98 Å². The average molecular weight is 550 g/mol. The maximum Gasteiger partial charge on any atom is 0.301 e. The van der Waals surface area contributed by atoms with Crippen LogP contribution in [0.25, 0.3) is 16.0 Å². The number of carbonyl (C=O) groups is 2. The number of nitrogens with zero attached hydrogens (tertiary/aromatic N) is 3. The van der Waals surface area contributed by atoms with E-state index in [4.69, 9.17) is 21.1 Å². The molecule has 0 aliphatic carbocycles. The lowest BCUT2D eigenvalue weighted by Gasteiger charge is -2.23. The average Bonchev–Trinajstić information content (AvgIpc) is 3.45. The number of nitro benzene ring substituents is 1. The highest BCUT2D eigenvalue weighted by Crippen LogP contribution is 2.45. The first-order valence-electron chi connectivity index (χ1n) is 11.3. The van der Waals surface area contributed by atoms with E-state index in [9.17, 15) is 24.8 Å². The third kappa shape index (κ3) is 3.92. The Morgan fingerprint density at radius 3 is 2.53 bits per heavy atom. The molecule has 0 saturated carbocycles. The van der Waals surface area contributed by atoms with E-state index < -0.39 is 28.4 Å². The molecule has 1 saturated heterocycles. The Labute approximate surface area is 223 Å². The van der Waals surface area contributed by atoms with Gasteiger partial charge in [0, 0.05) is 22.7 Å². The SMILES string of the molecule is O=C1C(=O)N(c2nc3ccc(Cl)cc3s2)C(c2ccc([N+](=O)[O-])cc2)/C1=C(\O)c1ccc2c(c1)OCCO2. The number of Topliss-reactive ketones (excluding diaryl/α,β-unsaturated/α-hetero) is 1. The van der Waals surface area contributed by atoms with Crippen LogP contribution < -0.4 is 14.4 Å². The molecule has 1 N–H and O–H groups in total. The summed E-state index contributed by atoms with van der Waals surface area (Å²) in [7, 11) is 0. The van der Waals surface area contributed by atoms with Crippen LogP contribution in [0.1, 0.15) is 17.2 Å². The molecule has 0 spiro atoms. The molecule has 3 heterocycles. The number of fused-ring (bicyclic) bond motifs is 2. The van der Waals surface area contributed by atoms with Gasteiger partial charge in [0.15, 0.2) is 16.6 Å². The van der Waals surface area contributed by atoms with E-state index in [1.54, 1.807) is 30.3 Å². The normalized spacial score (nSPS) is 18.2. The van der Waals surface area contributed by atoms with Crippen LogP contribution in [0.2, 0.25) is 5.02 Å². The number of aliphatic hydroxyl groups is 1. The van der Waals surface area contributed by atoms with Gasteiger partial charge in [0.1, 0.15) is 19.0 Å². The molecule has 4 aromatic rings. The number of ether oxygens (including phenoxy) is 2. The van der Waals surface area contributed by atoms with Gasteiger partial charge in [0.25, 0.3) is 11.5 Å². The summed E-state index contributed by atoms with van der Waals surface area (Å²) in [4.78, 5) is 43.2. The Bertz CT molecular complexity index is 1680. The van der Waals surface area contributed by atoms with Crippen molar-refractivity contribution in [3.8, 4) is 11.5 Å². The third-order valence-corrected chi connectivity index (χ3v) is 7.48. The Morgan fingerprint density at radius 1 is 1.05 bits per heavy atom. The summed E-state index contributed by atoms with van der Waals surface area (Å²) in [6.07, 6.45) is 0. The molecule has 1 amide bonds. The predicted molar refractivity (Wildman–Crippen MR) is 140 cm³/mol. The predicted octanol–water partition coefficient (Wildman–Crippen LogP) is 5.26. The maximum absolute atomic E-state index is 13.4. The Kier molecular flexibility index (Phi) is 5.73. The number of benzene rings is 3. The number of amides is 1. The fourth-order valence-corrected chi connectivity index (χ4v) is 5.73. The highest BCUT2D eigenvalue weighted by Gasteiger charge is 2.48. The van der Waals surface area contributed by atoms with Gasteiger partial charge >= 0.3 is 5.91 Å². The topological polar surface area (TPSA) is 132 Å². The van der Waals surface area contributed by atoms with Gasteiger partial charge in [-0.1, -0.05) is 22.9 Å².